The number of rotatable bonds is 11. The third-order valence-electron chi connectivity index (χ3n) is 6.27. The lowest BCUT2D eigenvalue weighted by Crippen LogP contribution is -2.01. The third-order valence-corrected chi connectivity index (χ3v) is 6.27. The van der Waals surface area contributed by atoms with Crippen molar-refractivity contribution in [2.24, 2.45) is 0 Å². The summed E-state index contributed by atoms with van der Waals surface area (Å²) in [7, 11) is 0. The van der Waals surface area contributed by atoms with Crippen LogP contribution in [0.5, 0.6) is 11.5 Å². The Bertz CT molecular complexity index is 1320. The summed E-state index contributed by atoms with van der Waals surface area (Å²) in [6.07, 6.45) is 4.27. The zero-order chi connectivity index (χ0) is 26.2. The SMILES string of the molecule is CCCCCCOc1ccc(COc2ccc(-c3ccc(-c4ccc(C)cc4)c(F)c3F)cc2)cc1F. The van der Waals surface area contributed by atoms with E-state index in [0.29, 0.717) is 29.0 Å². The fourth-order valence-corrected chi connectivity index (χ4v) is 4.09. The Morgan fingerprint density at radius 3 is 1.86 bits per heavy atom. The molecule has 0 aliphatic rings. The lowest BCUT2D eigenvalue weighted by atomic mass is 9.98. The van der Waals surface area contributed by atoms with E-state index in [1.165, 1.54) is 6.07 Å². The van der Waals surface area contributed by atoms with E-state index in [0.717, 1.165) is 31.2 Å². The van der Waals surface area contributed by atoms with E-state index in [1.807, 2.05) is 19.1 Å². The van der Waals surface area contributed by atoms with Gasteiger partial charge in [0.15, 0.2) is 23.2 Å². The van der Waals surface area contributed by atoms with Crippen LogP contribution >= 0.6 is 0 Å². The van der Waals surface area contributed by atoms with Crippen LogP contribution in [-0.4, -0.2) is 6.61 Å². The molecule has 0 bridgehead atoms. The van der Waals surface area contributed by atoms with Crippen molar-refractivity contribution in [3.05, 3.63) is 107 Å². The summed E-state index contributed by atoms with van der Waals surface area (Å²) in [5, 5.41) is 0. The molecule has 4 aromatic rings. The van der Waals surface area contributed by atoms with Gasteiger partial charge >= 0.3 is 0 Å². The van der Waals surface area contributed by atoms with Crippen molar-refractivity contribution in [3.8, 4) is 33.8 Å². The first-order valence-electron chi connectivity index (χ1n) is 12.7. The second-order valence-electron chi connectivity index (χ2n) is 9.14. The number of unbranched alkanes of at least 4 members (excludes halogenated alkanes) is 3. The Morgan fingerprint density at radius 2 is 1.27 bits per heavy atom. The molecule has 0 N–H and O–H groups in total. The molecular weight excluding hydrogens is 473 g/mol. The fourth-order valence-electron chi connectivity index (χ4n) is 4.09. The van der Waals surface area contributed by atoms with Gasteiger partial charge in [-0.25, -0.2) is 13.2 Å². The molecule has 0 heterocycles. The van der Waals surface area contributed by atoms with E-state index in [4.69, 9.17) is 9.47 Å². The molecule has 0 saturated heterocycles. The minimum Gasteiger partial charge on any atom is -0.491 e. The van der Waals surface area contributed by atoms with Crippen LogP contribution in [0.1, 0.15) is 43.7 Å². The highest BCUT2D eigenvalue weighted by molar-refractivity contribution is 5.72. The van der Waals surface area contributed by atoms with Gasteiger partial charge in [0.05, 0.1) is 6.61 Å². The second-order valence-corrected chi connectivity index (χ2v) is 9.14. The lowest BCUT2D eigenvalue weighted by Gasteiger charge is -2.11. The van der Waals surface area contributed by atoms with E-state index in [2.05, 4.69) is 6.92 Å². The smallest absolute Gasteiger partial charge is 0.167 e. The van der Waals surface area contributed by atoms with Crippen LogP contribution in [0.25, 0.3) is 22.3 Å². The maximum Gasteiger partial charge on any atom is 0.167 e. The molecule has 0 radical (unpaired) electrons. The van der Waals surface area contributed by atoms with Gasteiger partial charge < -0.3 is 9.47 Å². The predicted molar refractivity (Wildman–Crippen MR) is 142 cm³/mol. The summed E-state index contributed by atoms with van der Waals surface area (Å²) < 4.78 is 55.5. The molecule has 37 heavy (non-hydrogen) atoms. The largest absolute Gasteiger partial charge is 0.491 e. The number of halogens is 3. The third kappa shape index (κ3) is 6.73. The first kappa shape index (κ1) is 26.3. The molecule has 192 valence electrons. The van der Waals surface area contributed by atoms with Crippen molar-refractivity contribution in [2.75, 3.05) is 6.61 Å². The quantitative estimate of drug-likeness (QED) is 0.190. The van der Waals surface area contributed by atoms with Crippen LogP contribution in [0.2, 0.25) is 0 Å². The molecule has 0 fully saturated rings. The summed E-state index contributed by atoms with van der Waals surface area (Å²) in [4.78, 5) is 0. The van der Waals surface area contributed by atoms with Crippen LogP contribution in [0.4, 0.5) is 13.2 Å². The van der Waals surface area contributed by atoms with Gasteiger partial charge in [-0.15, -0.1) is 0 Å². The molecule has 0 aliphatic heterocycles. The molecule has 2 nitrogen and oxygen atoms in total. The summed E-state index contributed by atoms with van der Waals surface area (Å²) in [5.41, 5.74) is 3.27. The minimum atomic E-state index is -0.894. The normalized spacial score (nSPS) is 10.9. The van der Waals surface area contributed by atoms with Crippen molar-refractivity contribution in [1.82, 2.24) is 0 Å². The van der Waals surface area contributed by atoms with Gasteiger partial charge in [-0.3, -0.25) is 0 Å². The molecule has 0 aliphatic carbocycles. The minimum absolute atomic E-state index is 0.168. The molecule has 0 saturated carbocycles. The van der Waals surface area contributed by atoms with Gasteiger partial charge in [0.1, 0.15) is 12.4 Å². The van der Waals surface area contributed by atoms with Crippen LogP contribution < -0.4 is 9.47 Å². The highest BCUT2D eigenvalue weighted by Gasteiger charge is 2.16. The molecule has 0 unspecified atom stereocenters. The number of aryl methyl sites for hydroxylation is 1. The van der Waals surface area contributed by atoms with Crippen LogP contribution in [0, 0.1) is 24.4 Å². The number of benzene rings is 4. The van der Waals surface area contributed by atoms with Gasteiger partial charge in [-0.1, -0.05) is 86.3 Å². The summed E-state index contributed by atoms with van der Waals surface area (Å²) >= 11 is 0. The van der Waals surface area contributed by atoms with Crippen molar-refractivity contribution in [3.63, 3.8) is 0 Å². The van der Waals surface area contributed by atoms with E-state index >= 15 is 0 Å². The Morgan fingerprint density at radius 1 is 0.649 bits per heavy atom. The standard InChI is InChI=1S/C32H31F3O2/c1-3-4-5-6-19-36-30-18-9-23(20-29(30)33)21-37-26-14-12-25(13-15-26)28-17-16-27(31(34)32(28)35)24-10-7-22(2)8-11-24/h7-18,20H,3-6,19,21H2,1-2H3. The summed E-state index contributed by atoms with van der Waals surface area (Å²) in [6, 6.07) is 22.0. The topological polar surface area (TPSA) is 18.5 Å². The first-order chi connectivity index (χ1) is 18.0. The fraction of sp³-hybridized carbons (Fsp3) is 0.250. The van der Waals surface area contributed by atoms with Crippen LogP contribution in [-0.2, 0) is 6.61 Å². The van der Waals surface area contributed by atoms with E-state index in [9.17, 15) is 13.2 Å². The zero-order valence-corrected chi connectivity index (χ0v) is 21.2. The average Bonchev–Trinajstić information content (AvgIpc) is 2.91. The molecule has 0 atom stereocenters. The molecule has 0 amide bonds. The molecule has 5 heteroatoms. The number of hydrogen-bond acceptors (Lipinski definition) is 2. The number of hydrogen-bond donors (Lipinski definition) is 0. The lowest BCUT2D eigenvalue weighted by molar-refractivity contribution is 0.287. The first-order valence-corrected chi connectivity index (χ1v) is 12.7. The monoisotopic (exact) mass is 504 g/mol. The highest BCUT2D eigenvalue weighted by Crippen LogP contribution is 2.32. The highest BCUT2D eigenvalue weighted by atomic mass is 19.2. The maximum absolute atomic E-state index is 14.9. The van der Waals surface area contributed by atoms with E-state index < -0.39 is 17.5 Å². The van der Waals surface area contributed by atoms with Gasteiger partial charge in [-0.2, -0.15) is 0 Å². The predicted octanol–water partition coefficient (Wildman–Crippen LogP) is 9.28. The Kier molecular flexibility index (Phi) is 8.89. The molecule has 0 spiro atoms. The van der Waals surface area contributed by atoms with Gasteiger partial charge in [0.25, 0.3) is 0 Å². The van der Waals surface area contributed by atoms with Gasteiger partial charge in [0.2, 0.25) is 0 Å². The van der Waals surface area contributed by atoms with Crippen molar-refractivity contribution in [2.45, 2.75) is 46.1 Å². The Labute approximate surface area is 216 Å². The van der Waals surface area contributed by atoms with E-state index in [1.54, 1.807) is 60.7 Å². The maximum atomic E-state index is 14.9. The molecule has 4 rings (SSSR count). The van der Waals surface area contributed by atoms with Crippen molar-refractivity contribution < 1.29 is 22.6 Å². The molecule has 0 aromatic heterocycles. The zero-order valence-electron chi connectivity index (χ0n) is 21.2. The summed E-state index contributed by atoms with van der Waals surface area (Å²) in [6.45, 7) is 4.75. The number of ether oxygens (including phenoxy) is 2. The van der Waals surface area contributed by atoms with Gasteiger partial charge in [0, 0.05) is 11.1 Å². The summed E-state index contributed by atoms with van der Waals surface area (Å²) in [5.74, 6) is -1.41. The Balaban J connectivity index is 1.38. The molecular formula is C32H31F3O2. The van der Waals surface area contributed by atoms with Crippen LogP contribution in [0.3, 0.4) is 0 Å². The Hall–Kier alpha value is -3.73. The van der Waals surface area contributed by atoms with E-state index in [-0.39, 0.29) is 23.5 Å². The van der Waals surface area contributed by atoms with Crippen molar-refractivity contribution in [1.29, 1.82) is 0 Å². The average molecular weight is 505 g/mol. The molecule has 4 aromatic carbocycles. The van der Waals surface area contributed by atoms with Gasteiger partial charge in [-0.05, 0) is 54.3 Å². The van der Waals surface area contributed by atoms with Crippen molar-refractivity contribution >= 4 is 0 Å². The second kappa shape index (κ2) is 12.5. The van der Waals surface area contributed by atoms with Crippen LogP contribution in [0.15, 0.2) is 78.9 Å².